The predicted molar refractivity (Wildman–Crippen MR) is 102 cm³/mol. The first-order chi connectivity index (χ1) is 12.7. The smallest absolute Gasteiger partial charge is 0.494 e. The Morgan fingerprint density at radius 2 is 1.27 bits per heavy atom. The summed E-state index contributed by atoms with van der Waals surface area (Å²) in [6.07, 6.45) is -1.30. The molecule has 0 aliphatic heterocycles. The minimum atomic E-state index is -2.42. The number of benzene rings is 3. The van der Waals surface area contributed by atoms with E-state index in [0.717, 1.165) is 20.4 Å². The van der Waals surface area contributed by atoms with Crippen LogP contribution in [-0.2, 0) is 4.18 Å². The lowest BCUT2D eigenvalue weighted by Gasteiger charge is -2.38. The summed E-state index contributed by atoms with van der Waals surface area (Å²) in [6, 6.07) is 26.4. The van der Waals surface area contributed by atoms with Crippen molar-refractivity contribution in [3.63, 3.8) is 0 Å². The van der Waals surface area contributed by atoms with E-state index in [1.54, 1.807) is 0 Å². The highest BCUT2D eigenvalue weighted by atomic mass is 32.3. The van der Waals surface area contributed by atoms with Crippen LogP contribution in [0.4, 0.5) is 4.79 Å². The van der Waals surface area contributed by atoms with Crippen molar-refractivity contribution in [1.29, 1.82) is 0 Å². The SMILES string of the molecule is CCOc1ccc(S(OC(=O)O)(c2ccccc2)c2ccccc2)cc1. The molecule has 0 spiro atoms. The Labute approximate surface area is 154 Å². The van der Waals surface area contributed by atoms with Gasteiger partial charge >= 0.3 is 6.16 Å². The van der Waals surface area contributed by atoms with E-state index in [1.807, 2.05) is 91.9 Å². The lowest BCUT2D eigenvalue weighted by Crippen LogP contribution is -2.12. The Kier molecular flexibility index (Phi) is 5.49. The van der Waals surface area contributed by atoms with Gasteiger partial charge in [0, 0.05) is 14.7 Å². The van der Waals surface area contributed by atoms with Crippen molar-refractivity contribution in [2.24, 2.45) is 0 Å². The van der Waals surface area contributed by atoms with Gasteiger partial charge in [-0.25, -0.2) is 4.79 Å². The number of carboxylic acid groups (broad SMARTS) is 1. The van der Waals surface area contributed by atoms with Gasteiger partial charge in [-0.2, -0.15) is 0 Å². The first-order valence-electron chi connectivity index (χ1n) is 8.25. The summed E-state index contributed by atoms with van der Waals surface area (Å²) in [7, 11) is -2.42. The maximum atomic E-state index is 11.7. The largest absolute Gasteiger partial charge is 0.517 e. The molecule has 0 aromatic heterocycles. The van der Waals surface area contributed by atoms with Crippen LogP contribution < -0.4 is 4.74 Å². The van der Waals surface area contributed by atoms with Gasteiger partial charge in [0.15, 0.2) is 0 Å². The zero-order chi connectivity index (χ0) is 18.4. The average Bonchev–Trinajstić information content (AvgIpc) is 2.68. The third-order valence-corrected chi connectivity index (χ3v) is 7.01. The second-order valence-electron chi connectivity index (χ2n) is 5.44. The van der Waals surface area contributed by atoms with Gasteiger partial charge in [0.05, 0.1) is 6.61 Å². The van der Waals surface area contributed by atoms with Crippen molar-refractivity contribution in [1.82, 2.24) is 0 Å². The Morgan fingerprint density at radius 1 is 0.808 bits per heavy atom. The van der Waals surface area contributed by atoms with E-state index in [9.17, 15) is 9.90 Å². The summed E-state index contributed by atoms with van der Waals surface area (Å²) in [5, 5.41) is 9.55. The van der Waals surface area contributed by atoms with E-state index in [4.69, 9.17) is 8.92 Å². The molecule has 0 fully saturated rings. The van der Waals surface area contributed by atoms with Crippen LogP contribution in [0.2, 0.25) is 0 Å². The van der Waals surface area contributed by atoms with Crippen molar-refractivity contribution in [2.75, 3.05) is 6.61 Å². The summed E-state index contributed by atoms with van der Waals surface area (Å²) in [4.78, 5) is 14.1. The van der Waals surface area contributed by atoms with Crippen LogP contribution in [-0.4, -0.2) is 17.9 Å². The third-order valence-electron chi connectivity index (χ3n) is 3.81. The molecule has 134 valence electrons. The van der Waals surface area contributed by atoms with Gasteiger partial charge in [-0.15, -0.1) is 0 Å². The van der Waals surface area contributed by atoms with Gasteiger partial charge in [-0.3, -0.25) is 0 Å². The van der Waals surface area contributed by atoms with E-state index >= 15 is 0 Å². The lowest BCUT2D eigenvalue weighted by molar-refractivity contribution is 0.150. The molecule has 0 saturated carbocycles. The zero-order valence-electron chi connectivity index (χ0n) is 14.4. The van der Waals surface area contributed by atoms with E-state index < -0.39 is 16.5 Å². The molecular weight excluding hydrogens is 348 g/mol. The van der Waals surface area contributed by atoms with Crippen LogP contribution in [0.1, 0.15) is 6.92 Å². The topological polar surface area (TPSA) is 55.8 Å². The highest BCUT2D eigenvalue weighted by Crippen LogP contribution is 2.69. The van der Waals surface area contributed by atoms with E-state index in [-0.39, 0.29) is 0 Å². The first kappa shape index (κ1) is 17.9. The molecule has 0 unspecified atom stereocenters. The van der Waals surface area contributed by atoms with Crippen molar-refractivity contribution in [3.8, 4) is 5.75 Å². The maximum absolute atomic E-state index is 11.7. The molecule has 0 amide bonds. The molecule has 0 atom stereocenters. The van der Waals surface area contributed by atoms with Crippen LogP contribution in [0.25, 0.3) is 0 Å². The highest BCUT2D eigenvalue weighted by molar-refractivity contribution is 8.30. The molecular formula is C21H20O4S. The van der Waals surface area contributed by atoms with E-state index in [0.29, 0.717) is 6.61 Å². The molecule has 3 aromatic carbocycles. The molecule has 0 aliphatic rings. The molecule has 0 saturated heterocycles. The second kappa shape index (κ2) is 7.97. The summed E-state index contributed by atoms with van der Waals surface area (Å²) < 4.78 is 11.2. The monoisotopic (exact) mass is 368 g/mol. The van der Waals surface area contributed by atoms with Gasteiger partial charge in [0.2, 0.25) is 0 Å². The van der Waals surface area contributed by atoms with Crippen molar-refractivity contribution >= 4 is 16.5 Å². The van der Waals surface area contributed by atoms with Crippen LogP contribution in [0.3, 0.4) is 0 Å². The Morgan fingerprint density at radius 3 is 1.69 bits per heavy atom. The minimum absolute atomic E-state index is 0.570. The number of carbonyl (C=O) groups is 1. The normalized spacial score (nSPS) is 11.6. The highest BCUT2D eigenvalue weighted by Gasteiger charge is 2.35. The van der Waals surface area contributed by atoms with Gasteiger partial charge in [0.25, 0.3) is 0 Å². The maximum Gasteiger partial charge on any atom is 0.517 e. The van der Waals surface area contributed by atoms with E-state index in [1.165, 1.54) is 0 Å². The molecule has 4 nitrogen and oxygen atoms in total. The van der Waals surface area contributed by atoms with Crippen LogP contribution in [0.15, 0.2) is 99.6 Å². The van der Waals surface area contributed by atoms with Crippen molar-refractivity contribution < 1.29 is 18.8 Å². The second-order valence-corrected chi connectivity index (χ2v) is 8.13. The number of hydrogen-bond donors (Lipinski definition) is 1. The van der Waals surface area contributed by atoms with Crippen molar-refractivity contribution in [2.45, 2.75) is 21.6 Å². The fourth-order valence-electron chi connectivity index (χ4n) is 2.78. The fourth-order valence-corrected chi connectivity index (χ4v) is 5.70. The van der Waals surface area contributed by atoms with E-state index in [2.05, 4.69) is 0 Å². The Bertz CT molecular complexity index is 809. The zero-order valence-corrected chi connectivity index (χ0v) is 15.2. The minimum Gasteiger partial charge on any atom is -0.494 e. The molecule has 0 bridgehead atoms. The third kappa shape index (κ3) is 3.53. The number of rotatable bonds is 6. The van der Waals surface area contributed by atoms with Gasteiger partial charge < -0.3 is 14.0 Å². The average molecular weight is 368 g/mol. The summed E-state index contributed by atoms with van der Waals surface area (Å²) in [6.45, 7) is 2.49. The molecule has 3 rings (SSSR count). The summed E-state index contributed by atoms with van der Waals surface area (Å²) in [5.74, 6) is 0.737. The van der Waals surface area contributed by atoms with Crippen LogP contribution in [0, 0.1) is 0 Å². The number of hydrogen-bond acceptors (Lipinski definition) is 3. The molecule has 5 heteroatoms. The quantitative estimate of drug-likeness (QED) is 0.582. The van der Waals surface area contributed by atoms with Gasteiger partial charge in [-0.05, 0) is 65.8 Å². The van der Waals surface area contributed by atoms with Crippen molar-refractivity contribution in [3.05, 3.63) is 84.9 Å². The molecule has 0 radical (unpaired) electrons. The molecule has 26 heavy (non-hydrogen) atoms. The summed E-state index contributed by atoms with van der Waals surface area (Å²) in [5.41, 5.74) is 0. The lowest BCUT2D eigenvalue weighted by atomic mass is 10.3. The Hall–Kier alpha value is -2.92. The number of ether oxygens (including phenoxy) is 1. The molecule has 0 heterocycles. The molecule has 0 aliphatic carbocycles. The standard InChI is InChI=1S/C21H20O4S/c1-2-24-17-13-15-20(16-14-17)26(25-21(22)23,18-9-5-3-6-10-18)19-11-7-4-8-12-19/h3-16H,2H2,1H3,(H,22,23). The first-order valence-corrected chi connectivity index (χ1v) is 9.81. The van der Waals surface area contributed by atoms with Gasteiger partial charge in [-0.1, -0.05) is 36.4 Å². The summed E-state index contributed by atoms with van der Waals surface area (Å²) >= 11 is 0. The van der Waals surface area contributed by atoms with Crippen LogP contribution >= 0.6 is 10.3 Å². The van der Waals surface area contributed by atoms with Gasteiger partial charge in [0.1, 0.15) is 5.75 Å². The predicted octanol–water partition coefficient (Wildman–Crippen LogP) is 5.98. The molecule has 3 aromatic rings. The Balaban J connectivity index is 2.24. The van der Waals surface area contributed by atoms with Crippen LogP contribution in [0.5, 0.6) is 5.75 Å². The molecule has 1 N–H and O–H groups in total. The fraction of sp³-hybridized carbons (Fsp3) is 0.0952.